The SMILES string of the molecule is CC(Cc1cccc(Cl)c1)NCC(C)c1ccccc1. The number of benzene rings is 2. The van der Waals surface area contributed by atoms with Gasteiger partial charge in [-0.3, -0.25) is 0 Å². The summed E-state index contributed by atoms with van der Waals surface area (Å²) in [4.78, 5) is 0. The normalized spacial score (nSPS) is 13.9. The van der Waals surface area contributed by atoms with Gasteiger partial charge in [-0.15, -0.1) is 0 Å². The predicted molar refractivity (Wildman–Crippen MR) is 87.5 cm³/mol. The van der Waals surface area contributed by atoms with Gasteiger partial charge in [-0.25, -0.2) is 0 Å². The van der Waals surface area contributed by atoms with Crippen LogP contribution in [0, 0.1) is 0 Å². The van der Waals surface area contributed by atoms with Crippen LogP contribution < -0.4 is 5.32 Å². The Morgan fingerprint density at radius 2 is 1.75 bits per heavy atom. The summed E-state index contributed by atoms with van der Waals surface area (Å²) in [5.41, 5.74) is 2.67. The summed E-state index contributed by atoms with van der Waals surface area (Å²) < 4.78 is 0. The second kappa shape index (κ2) is 7.47. The average molecular weight is 288 g/mol. The molecule has 0 aliphatic carbocycles. The van der Waals surface area contributed by atoms with Crippen LogP contribution >= 0.6 is 11.6 Å². The van der Waals surface area contributed by atoms with Crippen molar-refractivity contribution in [2.75, 3.05) is 6.54 Å². The molecule has 0 spiro atoms. The minimum absolute atomic E-state index is 0.444. The van der Waals surface area contributed by atoms with E-state index < -0.39 is 0 Å². The first-order valence-electron chi connectivity index (χ1n) is 7.18. The molecule has 0 bridgehead atoms. The zero-order valence-corrected chi connectivity index (χ0v) is 12.9. The number of halogens is 1. The van der Waals surface area contributed by atoms with E-state index in [4.69, 9.17) is 11.6 Å². The summed E-state index contributed by atoms with van der Waals surface area (Å²) in [6, 6.07) is 19.2. The van der Waals surface area contributed by atoms with Gasteiger partial charge in [-0.1, -0.05) is 61.0 Å². The van der Waals surface area contributed by atoms with Gasteiger partial charge in [-0.2, -0.15) is 0 Å². The van der Waals surface area contributed by atoms with E-state index in [2.05, 4.69) is 55.6 Å². The zero-order valence-electron chi connectivity index (χ0n) is 12.1. The van der Waals surface area contributed by atoms with E-state index in [9.17, 15) is 0 Å². The van der Waals surface area contributed by atoms with E-state index in [0.717, 1.165) is 18.0 Å². The lowest BCUT2D eigenvalue weighted by Crippen LogP contribution is -2.31. The van der Waals surface area contributed by atoms with Crippen molar-refractivity contribution in [3.8, 4) is 0 Å². The maximum Gasteiger partial charge on any atom is 0.0408 e. The van der Waals surface area contributed by atoms with Crippen LogP contribution in [0.2, 0.25) is 5.02 Å². The van der Waals surface area contributed by atoms with Gasteiger partial charge in [0.1, 0.15) is 0 Å². The largest absolute Gasteiger partial charge is 0.313 e. The van der Waals surface area contributed by atoms with E-state index in [1.54, 1.807) is 0 Å². The monoisotopic (exact) mass is 287 g/mol. The van der Waals surface area contributed by atoms with Crippen LogP contribution in [0.25, 0.3) is 0 Å². The molecule has 0 saturated heterocycles. The lowest BCUT2D eigenvalue weighted by molar-refractivity contribution is 0.516. The molecule has 0 saturated carbocycles. The second-order valence-corrected chi connectivity index (χ2v) is 5.89. The van der Waals surface area contributed by atoms with Crippen molar-refractivity contribution < 1.29 is 0 Å². The van der Waals surface area contributed by atoms with Gasteiger partial charge in [0.2, 0.25) is 0 Å². The first-order valence-corrected chi connectivity index (χ1v) is 7.55. The first-order chi connectivity index (χ1) is 9.65. The number of rotatable bonds is 6. The molecular weight excluding hydrogens is 266 g/mol. The highest BCUT2D eigenvalue weighted by atomic mass is 35.5. The van der Waals surface area contributed by atoms with Crippen LogP contribution in [-0.2, 0) is 6.42 Å². The molecule has 0 fully saturated rings. The Morgan fingerprint density at radius 3 is 2.45 bits per heavy atom. The third kappa shape index (κ3) is 4.66. The summed E-state index contributed by atoms with van der Waals surface area (Å²) in [5.74, 6) is 0.526. The van der Waals surface area contributed by atoms with Gasteiger partial charge in [-0.05, 0) is 42.5 Å². The van der Waals surface area contributed by atoms with Crippen LogP contribution in [-0.4, -0.2) is 12.6 Å². The molecular formula is C18H22ClN. The molecule has 0 aliphatic heterocycles. The minimum atomic E-state index is 0.444. The molecule has 2 atom stereocenters. The molecule has 1 nitrogen and oxygen atoms in total. The highest BCUT2D eigenvalue weighted by molar-refractivity contribution is 6.30. The molecule has 20 heavy (non-hydrogen) atoms. The van der Waals surface area contributed by atoms with Crippen molar-refractivity contribution >= 4 is 11.6 Å². The Morgan fingerprint density at radius 1 is 1.00 bits per heavy atom. The number of hydrogen-bond acceptors (Lipinski definition) is 1. The van der Waals surface area contributed by atoms with Gasteiger partial charge in [0.15, 0.2) is 0 Å². The molecule has 2 heteroatoms. The topological polar surface area (TPSA) is 12.0 Å². The molecule has 0 aliphatic rings. The van der Waals surface area contributed by atoms with Crippen molar-refractivity contribution in [2.45, 2.75) is 32.2 Å². The predicted octanol–water partition coefficient (Wildman–Crippen LogP) is 4.66. The molecule has 106 valence electrons. The maximum atomic E-state index is 6.02. The fraction of sp³-hybridized carbons (Fsp3) is 0.333. The van der Waals surface area contributed by atoms with Crippen molar-refractivity contribution in [3.05, 3.63) is 70.7 Å². The summed E-state index contributed by atoms with van der Waals surface area (Å²) in [6.07, 6.45) is 1.00. The van der Waals surface area contributed by atoms with Crippen LogP contribution in [0.1, 0.15) is 30.9 Å². The molecule has 0 aromatic heterocycles. The highest BCUT2D eigenvalue weighted by Crippen LogP contribution is 2.15. The lowest BCUT2D eigenvalue weighted by Gasteiger charge is -2.18. The minimum Gasteiger partial charge on any atom is -0.313 e. The van der Waals surface area contributed by atoms with Gasteiger partial charge < -0.3 is 5.32 Å². The Hall–Kier alpha value is -1.31. The van der Waals surface area contributed by atoms with E-state index in [1.165, 1.54) is 11.1 Å². The first kappa shape index (κ1) is 15.1. The van der Waals surface area contributed by atoms with E-state index >= 15 is 0 Å². The summed E-state index contributed by atoms with van der Waals surface area (Å²) in [5, 5.41) is 4.42. The van der Waals surface area contributed by atoms with Crippen molar-refractivity contribution in [2.24, 2.45) is 0 Å². The molecule has 0 amide bonds. The fourth-order valence-electron chi connectivity index (χ4n) is 2.37. The molecule has 2 aromatic rings. The highest BCUT2D eigenvalue weighted by Gasteiger charge is 2.08. The molecule has 2 aromatic carbocycles. The van der Waals surface area contributed by atoms with E-state index in [0.29, 0.717) is 12.0 Å². The van der Waals surface area contributed by atoms with Crippen LogP contribution in [0.5, 0.6) is 0 Å². The standard InChI is InChI=1S/C18H22ClN/c1-14(17-8-4-3-5-9-17)13-20-15(2)11-16-7-6-10-18(19)12-16/h3-10,12,14-15,20H,11,13H2,1-2H3. The quantitative estimate of drug-likeness (QED) is 0.814. The van der Waals surface area contributed by atoms with Gasteiger partial charge >= 0.3 is 0 Å². The molecule has 2 rings (SSSR count). The molecule has 0 radical (unpaired) electrons. The molecule has 2 unspecified atom stereocenters. The number of nitrogens with one attached hydrogen (secondary N) is 1. The Labute approximate surface area is 127 Å². The zero-order chi connectivity index (χ0) is 14.4. The third-order valence-electron chi connectivity index (χ3n) is 3.57. The summed E-state index contributed by atoms with van der Waals surface area (Å²) >= 11 is 6.02. The Kier molecular flexibility index (Phi) is 5.63. The second-order valence-electron chi connectivity index (χ2n) is 5.46. The van der Waals surface area contributed by atoms with Gasteiger partial charge in [0, 0.05) is 17.6 Å². The third-order valence-corrected chi connectivity index (χ3v) is 3.81. The molecule has 1 N–H and O–H groups in total. The van der Waals surface area contributed by atoms with E-state index in [1.807, 2.05) is 18.2 Å². The number of hydrogen-bond donors (Lipinski definition) is 1. The summed E-state index contributed by atoms with van der Waals surface area (Å²) in [7, 11) is 0. The lowest BCUT2D eigenvalue weighted by atomic mass is 10.0. The fourth-order valence-corrected chi connectivity index (χ4v) is 2.58. The maximum absolute atomic E-state index is 6.02. The van der Waals surface area contributed by atoms with Crippen molar-refractivity contribution in [1.82, 2.24) is 5.32 Å². The average Bonchev–Trinajstić information content (AvgIpc) is 2.46. The van der Waals surface area contributed by atoms with Gasteiger partial charge in [0.25, 0.3) is 0 Å². The summed E-state index contributed by atoms with van der Waals surface area (Å²) in [6.45, 7) is 5.47. The van der Waals surface area contributed by atoms with Crippen molar-refractivity contribution in [1.29, 1.82) is 0 Å². The van der Waals surface area contributed by atoms with Crippen LogP contribution in [0.15, 0.2) is 54.6 Å². The Bertz CT molecular complexity index is 524. The molecule has 0 heterocycles. The van der Waals surface area contributed by atoms with E-state index in [-0.39, 0.29) is 0 Å². The van der Waals surface area contributed by atoms with Crippen LogP contribution in [0.4, 0.5) is 0 Å². The van der Waals surface area contributed by atoms with Crippen LogP contribution in [0.3, 0.4) is 0 Å². The van der Waals surface area contributed by atoms with Gasteiger partial charge in [0.05, 0.1) is 0 Å². The Balaban J connectivity index is 1.82. The smallest absolute Gasteiger partial charge is 0.0408 e. The van der Waals surface area contributed by atoms with Crippen molar-refractivity contribution in [3.63, 3.8) is 0 Å².